The summed E-state index contributed by atoms with van der Waals surface area (Å²) in [7, 11) is -3.72. The van der Waals surface area contributed by atoms with Crippen molar-refractivity contribution >= 4 is 26.7 Å². The molecule has 0 saturated carbocycles. The van der Waals surface area contributed by atoms with E-state index in [1.807, 2.05) is 12.1 Å². The maximum Gasteiger partial charge on any atom is 0.338 e. The van der Waals surface area contributed by atoms with E-state index in [2.05, 4.69) is 4.90 Å². The van der Waals surface area contributed by atoms with Crippen molar-refractivity contribution in [3.8, 4) is 5.75 Å². The Hall–Kier alpha value is -2.88. The fourth-order valence-electron chi connectivity index (χ4n) is 3.22. The summed E-state index contributed by atoms with van der Waals surface area (Å²) in [5, 5.41) is 5.93. The van der Waals surface area contributed by atoms with Crippen molar-refractivity contribution in [1.82, 2.24) is 0 Å². The molecule has 29 heavy (non-hydrogen) atoms. The number of sulfonamides is 1. The first-order valence-electron chi connectivity index (χ1n) is 9.05. The molecule has 8 nitrogen and oxygen atoms in total. The van der Waals surface area contributed by atoms with Gasteiger partial charge in [0.05, 0.1) is 23.8 Å². The standard InChI is InChI=1S/C20H20N2O6S/c21-29(24,25)16-4-1-14(2-5-16)13-27-15-3-6-17-18(22-7-9-26-10-8-22)12-20(23)28-19(17)11-15/h1-6,11-12H,7-10,13H2,(H2,21,24,25). The number of hydrogen-bond donors (Lipinski definition) is 1. The molecule has 0 amide bonds. The van der Waals surface area contributed by atoms with Crippen LogP contribution in [0.15, 0.2) is 62.6 Å². The van der Waals surface area contributed by atoms with Crippen molar-refractivity contribution in [2.75, 3.05) is 31.2 Å². The number of morpholine rings is 1. The highest BCUT2D eigenvalue weighted by molar-refractivity contribution is 7.89. The van der Waals surface area contributed by atoms with E-state index in [0.29, 0.717) is 37.6 Å². The summed E-state index contributed by atoms with van der Waals surface area (Å²) in [6.07, 6.45) is 0. The van der Waals surface area contributed by atoms with Gasteiger partial charge in [-0.15, -0.1) is 0 Å². The van der Waals surface area contributed by atoms with Crippen LogP contribution in [-0.2, 0) is 21.4 Å². The Balaban J connectivity index is 1.55. The molecule has 1 aromatic heterocycles. The number of nitrogens with two attached hydrogens (primary N) is 1. The molecule has 0 radical (unpaired) electrons. The predicted molar refractivity (Wildman–Crippen MR) is 108 cm³/mol. The second-order valence-corrected chi connectivity index (χ2v) is 8.25. The number of ether oxygens (including phenoxy) is 2. The van der Waals surface area contributed by atoms with Gasteiger partial charge in [-0.05, 0) is 29.8 Å². The van der Waals surface area contributed by atoms with Gasteiger partial charge in [0.25, 0.3) is 0 Å². The van der Waals surface area contributed by atoms with Gasteiger partial charge in [-0.3, -0.25) is 0 Å². The molecule has 4 rings (SSSR count). The first kappa shape index (κ1) is 19.4. The molecule has 2 aromatic carbocycles. The monoisotopic (exact) mass is 416 g/mol. The summed E-state index contributed by atoms with van der Waals surface area (Å²) in [5.74, 6) is 0.537. The molecule has 1 aliphatic heterocycles. The second kappa shape index (κ2) is 7.86. The largest absolute Gasteiger partial charge is 0.489 e. The number of benzene rings is 2. The molecule has 0 aliphatic carbocycles. The van der Waals surface area contributed by atoms with Crippen molar-refractivity contribution < 1.29 is 22.3 Å². The van der Waals surface area contributed by atoms with Gasteiger partial charge in [-0.25, -0.2) is 18.4 Å². The van der Waals surface area contributed by atoms with Crippen molar-refractivity contribution in [3.05, 3.63) is 64.5 Å². The lowest BCUT2D eigenvalue weighted by molar-refractivity contribution is 0.123. The van der Waals surface area contributed by atoms with Crippen LogP contribution in [0.3, 0.4) is 0 Å². The lowest BCUT2D eigenvalue weighted by atomic mass is 10.1. The van der Waals surface area contributed by atoms with Crippen LogP contribution < -0.4 is 20.4 Å². The molecule has 152 valence electrons. The van der Waals surface area contributed by atoms with Crippen molar-refractivity contribution in [3.63, 3.8) is 0 Å². The summed E-state index contributed by atoms with van der Waals surface area (Å²) < 4.78 is 39.2. The van der Waals surface area contributed by atoms with Crippen LogP contribution in [0.1, 0.15) is 5.56 Å². The predicted octanol–water partition coefficient (Wildman–Crippen LogP) is 1.86. The van der Waals surface area contributed by atoms with Gasteiger partial charge in [0.1, 0.15) is 17.9 Å². The topological polar surface area (TPSA) is 112 Å². The minimum Gasteiger partial charge on any atom is -0.489 e. The number of hydrogen-bond acceptors (Lipinski definition) is 7. The van der Waals surface area contributed by atoms with E-state index in [-0.39, 0.29) is 11.5 Å². The molecule has 1 fully saturated rings. The van der Waals surface area contributed by atoms with Gasteiger partial charge < -0.3 is 18.8 Å². The lowest BCUT2D eigenvalue weighted by Crippen LogP contribution is -2.36. The summed E-state index contributed by atoms with van der Waals surface area (Å²) in [6.45, 7) is 2.89. The third kappa shape index (κ3) is 4.42. The number of primary sulfonamides is 1. The van der Waals surface area contributed by atoms with Gasteiger partial charge in [-0.1, -0.05) is 12.1 Å². The highest BCUT2D eigenvalue weighted by atomic mass is 32.2. The molecule has 2 heterocycles. The van der Waals surface area contributed by atoms with E-state index in [4.69, 9.17) is 19.0 Å². The summed E-state index contributed by atoms with van der Waals surface area (Å²) in [6, 6.07) is 13.0. The number of nitrogens with zero attached hydrogens (tertiary/aromatic N) is 1. The number of rotatable bonds is 5. The molecule has 0 spiro atoms. The minimum atomic E-state index is -3.72. The number of fused-ring (bicyclic) bond motifs is 1. The average molecular weight is 416 g/mol. The summed E-state index contributed by atoms with van der Waals surface area (Å²) in [4.78, 5) is 14.2. The fraction of sp³-hybridized carbons (Fsp3) is 0.250. The van der Waals surface area contributed by atoms with Crippen LogP contribution in [0.2, 0.25) is 0 Å². The maximum absolute atomic E-state index is 12.0. The molecule has 3 aromatic rings. The summed E-state index contributed by atoms with van der Waals surface area (Å²) in [5.41, 5.74) is 1.63. The first-order chi connectivity index (χ1) is 13.9. The first-order valence-corrected chi connectivity index (χ1v) is 10.6. The van der Waals surface area contributed by atoms with Crippen molar-refractivity contribution in [2.24, 2.45) is 5.14 Å². The molecular weight excluding hydrogens is 396 g/mol. The zero-order valence-electron chi connectivity index (χ0n) is 15.5. The van der Waals surface area contributed by atoms with Gasteiger partial charge in [0.2, 0.25) is 10.0 Å². The Labute approximate surface area is 167 Å². The van der Waals surface area contributed by atoms with E-state index in [1.54, 1.807) is 18.2 Å². The minimum absolute atomic E-state index is 0.0457. The van der Waals surface area contributed by atoms with Crippen LogP contribution >= 0.6 is 0 Å². The SMILES string of the molecule is NS(=O)(=O)c1ccc(COc2ccc3c(N4CCOCC4)cc(=O)oc3c2)cc1. The smallest absolute Gasteiger partial charge is 0.338 e. The lowest BCUT2D eigenvalue weighted by Gasteiger charge is -2.29. The molecule has 2 N–H and O–H groups in total. The fourth-order valence-corrected chi connectivity index (χ4v) is 3.74. The third-order valence-corrected chi connectivity index (χ3v) is 5.63. The highest BCUT2D eigenvalue weighted by Crippen LogP contribution is 2.29. The average Bonchev–Trinajstić information content (AvgIpc) is 2.71. The van der Waals surface area contributed by atoms with Crippen LogP contribution in [-0.4, -0.2) is 34.7 Å². The molecule has 0 unspecified atom stereocenters. The van der Waals surface area contributed by atoms with Crippen LogP contribution in [0.25, 0.3) is 11.0 Å². The Kier molecular flexibility index (Phi) is 5.27. The van der Waals surface area contributed by atoms with Gasteiger partial charge in [-0.2, -0.15) is 0 Å². The van der Waals surface area contributed by atoms with Crippen LogP contribution in [0.4, 0.5) is 5.69 Å². The van der Waals surface area contributed by atoms with E-state index in [1.165, 1.54) is 18.2 Å². The molecule has 1 aliphatic rings. The highest BCUT2D eigenvalue weighted by Gasteiger charge is 2.16. The Bertz CT molecular complexity index is 1180. The molecule has 9 heteroatoms. The second-order valence-electron chi connectivity index (χ2n) is 6.69. The zero-order chi connectivity index (χ0) is 20.4. The van der Waals surface area contributed by atoms with E-state index in [0.717, 1.165) is 16.6 Å². The van der Waals surface area contributed by atoms with E-state index in [9.17, 15) is 13.2 Å². The Morgan fingerprint density at radius 3 is 2.45 bits per heavy atom. The molecule has 0 bridgehead atoms. The van der Waals surface area contributed by atoms with Crippen molar-refractivity contribution in [1.29, 1.82) is 0 Å². The van der Waals surface area contributed by atoms with Crippen LogP contribution in [0, 0.1) is 0 Å². The quantitative estimate of drug-likeness (QED) is 0.632. The molecule has 1 saturated heterocycles. The summed E-state index contributed by atoms with van der Waals surface area (Å²) >= 11 is 0. The third-order valence-electron chi connectivity index (χ3n) is 4.70. The van der Waals surface area contributed by atoms with Gasteiger partial charge in [0.15, 0.2) is 0 Å². The maximum atomic E-state index is 12.0. The normalized spacial score (nSPS) is 14.9. The van der Waals surface area contributed by atoms with E-state index < -0.39 is 15.6 Å². The Morgan fingerprint density at radius 2 is 1.76 bits per heavy atom. The Morgan fingerprint density at radius 1 is 1.03 bits per heavy atom. The molecule has 0 atom stereocenters. The van der Waals surface area contributed by atoms with Gasteiger partial charge >= 0.3 is 5.63 Å². The van der Waals surface area contributed by atoms with Crippen LogP contribution in [0.5, 0.6) is 5.75 Å². The number of anilines is 1. The zero-order valence-corrected chi connectivity index (χ0v) is 16.4. The van der Waals surface area contributed by atoms with E-state index >= 15 is 0 Å². The van der Waals surface area contributed by atoms with Crippen molar-refractivity contribution in [2.45, 2.75) is 11.5 Å². The van der Waals surface area contributed by atoms with Gasteiger partial charge in [0, 0.05) is 30.6 Å². The molecular formula is C20H20N2O6S.